The molecule has 0 saturated heterocycles. The van der Waals surface area contributed by atoms with E-state index < -0.39 is 23.7 Å². The second-order valence-corrected chi connectivity index (χ2v) is 9.65. The van der Waals surface area contributed by atoms with Gasteiger partial charge in [-0.2, -0.15) is 13.2 Å². The average Bonchev–Trinajstić information content (AvgIpc) is 3.40. The van der Waals surface area contributed by atoms with Gasteiger partial charge in [-0.05, 0) is 29.8 Å². The number of nitrogens with one attached hydrogen (secondary N) is 2. The fourth-order valence-corrected chi connectivity index (χ4v) is 4.38. The molecule has 10 nitrogen and oxygen atoms in total. The van der Waals surface area contributed by atoms with Crippen molar-refractivity contribution in [3.63, 3.8) is 0 Å². The number of pyridine rings is 1. The number of nitrogen functional groups attached to an aromatic ring is 1. The molecule has 0 radical (unpaired) electrons. The van der Waals surface area contributed by atoms with Gasteiger partial charge in [0.2, 0.25) is 0 Å². The highest BCUT2D eigenvalue weighted by Gasteiger charge is 2.31. The molecular formula is C30H26F3N7O3. The van der Waals surface area contributed by atoms with E-state index in [2.05, 4.69) is 20.6 Å². The van der Waals surface area contributed by atoms with Crippen LogP contribution < -0.4 is 16.4 Å². The molecule has 0 aliphatic rings. The highest BCUT2D eigenvalue weighted by atomic mass is 19.4. The fourth-order valence-electron chi connectivity index (χ4n) is 4.38. The Morgan fingerprint density at radius 1 is 1.02 bits per heavy atom. The quantitative estimate of drug-likeness (QED) is 0.212. The number of carbonyl (C=O) groups excluding carboxylic acids is 2. The Balaban J connectivity index is 1.31. The van der Waals surface area contributed by atoms with Crippen molar-refractivity contribution < 1.29 is 27.5 Å². The molecular weight excluding hydrogens is 563 g/mol. The Morgan fingerprint density at radius 3 is 2.49 bits per heavy atom. The molecule has 1 atom stereocenters. The lowest BCUT2D eigenvalue weighted by Gasteiger charge is -2.12. The number of halogens is 3. The molecule has 3 heterocycles. The number of benzene rings is 2. The van der Waals surface area contributed by atoms with Gasteiger partial charge in [0.05, 0.1) is 5.56 Å². The number of rotatable bonds is 8. The van der Waals surface area contributed by atoms with E-state index in [1.165, 1.54) is 12.1 Å². The summed E-state index contributed by atoms with van der Waals surface area (Å²) in [6.07, 6.45) is -0.892. The van der Waals surface area contributed by atoms with Crippen molar-refractivity contribution in [2.45, 2.75) is 25.6 Å². The molecule has 2 amide bonds. The molecule has 0 fully saturated rings. The van der Waals surface area contributed by atoms with E-state index in [0.29, 0.717) is 22.6 Å². The van der Waals surface area contributed by atoms with Gasteiger partial charge in [0.25, 0.3) is 5.91 Å². The summed E-state index contributed by atoms with van der Waals surface area (Å²) in [5.41, 5.74) is 8.04. The molecule has 0 saturated carbocycles. The smallest absolute Gasteiger partial charge is 0.416 e. The number of alkyl carbamates (subject to hydrolysis) is 1. The molecule has 43 heavy (non-hydrogen) atoms. The minimum absolute atomic E-state index is 0.143. The van der Waals surface area contributed by atoms with E-state index in [9.17, 15) is 22.8 Å². The van der Waals surface area contributed by atoms with E-state index in [-0.39, 0.29) is 36.3 Å². The SMILES string of the molecule is CC(CNC(=O)OCc1ccccc1)c1nc(-c2ccc(C(=O)Nc3cc(C(F)(F)F)ccn3)cc2)c2c(N)nccn12. The second kappa shape index (κ2) is 12.2. The maximum Gasteiger partial charge on any atom is 0.416 e. The summed E-state index contributed by atoms with van der Waals surface area (Å²) in [4.78, 5) is 37.8. The molecule has 4 N–H and O–H groups in total. The van der Waals surface area contributed by atoms with Gasteiger partial charge in [-0.3, -0.25) is 9.20 Å². The maximum absolute atomic E-state index is 13.0. The second-order valence-electron chi connectivity index (χ2n) is 9.65. The Bertz CT molecular complexity index is 1760. The van der Waals surface area contributed by atoms with Crippen LogP contribution in [0.5, 0.6) is 0 Å². The summed E-state index contributed by atoms with van der Waals surface area (Å²) in [6.45, 7) is 2.27. The number of nitrogens with zero attached hydrogens (tertiary/aromatic N) is 4. The van der Waals surface area contributed by atoms with Gasteiger partial charge in [0, 0.05) is 42.2 Å². The monoisotopic (exact) mass is 589 g/mol. The van der Waals surface area contributed by atoms with Crippen LogP contribution in [0.15, 0.2) is 85.3 Å². The summed E-state index contributed by atoms with van der Waals surface area (Å²) in [6, 6.07) is 17.2. The van der Waals surface area contributed by atoms with Crippen molar-refractivity contribution in [2.75, 3.05) is 17.6 Å². The number of imidazole rings is 1. The predicted octanol–water partition coefficient (Wildman–Crippen LogP) is 5.67. The first kappa shape index (κ1) is 29.0. The van der Waals surface area contributed by atoms with Crippen LogP contribution in [0.4, 0.5) is 29.6 Å². The van der Waals surface area contributed by atoms with Gasteiger partial charge in [0.15, 0.2) is 0 Å². The van der Waals surface area contributed by atoms with Crippen LogP contribution in [0.25, 0.3) is 16.8 Å². The third-order valence-electron chi connectivity index (χ3n) is 6.57. The Kier molecular flexibility index (Phi) is 8.23. The standard InChI is InChI=1S/C30H26F3N7O3/c1-18(16-37-29(42)43-17-19-5-3-2-4-6-19)27-39-24(25-26(34)36-13-14-40(25)27)20-7-9-21(10-8-20)28(41)38-23-15-22(11-12-35-23)30(31,32)33/h2-15,18H,16-17H2,1H3,(H2,34,36)(H,37,42)(H,35,38,41). The summed E-state index contributed by atoms with van der Waals surface area (Å²) >= 11 is 0. The fraction of sp³-hybridized carbons (Fsp3) is 0.167. The summed E-state index contributed by atoms with van der Waals surface area (Å²) in [5.74, 6) is -0.263. The minimum atomic E-state index is -4.56. The summed E-state index contributed by atoms with van der Waals surface area (Å²) < 4.78 is 46.1. The van der Waals surface area contributed by atoms with Crippen LogP contribution in [0.1, 0.15) is 40.2 Å². The number of amides is 2. The number of alkyl halides is 3. The number of carbonyl (C=O) groups is 2. The molecule has 2 aromatic carbocycles. The third kappa shape index (κ3) is 6.72. The van der Waals surface area contributed by atoms with Crippen molar-refractivity contribution in [3.05, 3.63) is 108 Å². The highest BCUT2D eigenvalue weighted by molar-refractivity contribution is 6.04. The first-order valence-corrected chi connectivity index (χ1v) is 13.1. The molecule has 1 unspecified atom stereocenters. The molecule has 0 aliphatic heterocycles. The molecule has 0 spiro atoms. The largest absolute Gasteiger partial charge is 0.445 e. The van der Waals surface area contributed by atoms with Crippen molar-refractivity contribution in [1.82, 2.24) is 24.7 Å². The lowest BCUT2D eigenvalue weighted by molar-refractivity contribution is -0.137. The number of hydrogen-bond donors (Lipinski definition) is 3. The Morgan fingerprint density at radius 2 is 1.77 bits per heavy atom. The minimum Gasteiger partial charge on any atom is -0.445 e. The van der Waals surface area contributed by atoms with E-state index in [1.54, 1.807) is 28.9 Å². The highest BCUT2D eigenvalue weighted by Crippen LogP contribution is 2.32. The average molecular weight is 590 g/mol. The summed E-state index contributed by atoms with van der Waals surface area (Å²) in [7, 11) is 0. The van der Waals surface area contributed by atoms with Crippen LogP contribution in [0.2, 0.25) is 0 Å². The van der Waals surface area contributed by atoms with E-state index in [4.69, 9.17) is 15.5 Å². The van der Waals surface area contributed by atoms with Crippen LogP contribution in [-0.2, 0) is 17.5 Å². The van der Waals surface area contributed by atoms with Crippen molar-refractivity contribution >= 4 is 29.2 Å². The van der Waals surface area contributed by atoms with Gasteiger partial charge in [-0.15, -0.1) is 0 Å². The van der Waals surface area contributed by atoms with Crippen molar-refractivity contribution in [2.24, 2.45) is 0 Å². The Labute approximate surface area is 243 Å². The summed E-state index contributed by atoms with van der Waals surface area (Å²) in [5, 5.41) is 5.14. The van der Waals surface area contributed by atoms with Crippen LogP contribution in [0, 0.1) is 0 Å². The van der Waals surface area contributed by atoms with E-state index in [0.717, 1.165) is 23.9 Å². The third-order valence-corrected chi connectivity index (χ3v) is 6.57. The first-order chi connectivity index (χ1) is 20.6. The predicted molar refractivity (Wildman–Crippen MR) is 153 cm³/mol. The number of hydrogen-bond acceptors (Lipinski definition) is 7. The molecule has 5 rings (SSSR count). The normalized spacial score (nSPS) is 12.1. The molecule has 0 aliphatic carbocycles. The van der Waals surface area contributed by atoms with Gasteiger partial charge < -0.3 is 21.1 Å². The molecule has 0 bridgehead atoms. The molecule has 5 aromatic rings. The molecule has 220 valence electrons. The van der Waals surface area contributed by atoms with E-state index >= 15 is 0 Å². The van der Waals surface area contributed by atoms with Gasteiger partial charge in [-0.1, -0.05) is 49.4 Å². The number of ether oxygens (including phenoxy) is 1. The Hall–Kier alpha value is -5.46. The molecule has 3 aromatic heterocycles. The zero-order chi connectivity index (χ0) is 30.6. The number of aromatic nitrogens is 4. The van der Waals surface area contributed by atoms with Crippen LogP contribution in [-0.4, -0.2) is 37.9 Å². The van der Waals surface area contributed by atoms with Crippen LogP contribution >= 0.6 is 0 Å². The van der Waals surface area contributed by atoms with Gasteiger partial charge in [0.1, 0.15) is 35.3 Å². The topological polar surface area (TPSA) is 137 Å². The van der Waals surface area contributed by atoms with Crippen molar-refractivity contribution in [3.8, 4) is 11.3 Å². The van der Waals surface area contributed by atoms with Crippen LogP contribution in [0.3, 0.4) is 0 Å². The zero-order valence-corrected chi connectivity index (χ0v) is 22.8. The zero-order valence-electron chi connectivity index (χ0n) is 22.8. The van der Waals surface area contributed by atoms with Gasteiger partial charge in [-0.25, -0.2) is 19.7 Å². The number of nitrogens with two attached hydrogens (primary N) is 1. The van der Waals surface area contributed by atoms with Gasteiger partial charge >= 0.3 is 12.3 Å². The van der Waals surface area contributed by atoms with Crippen molar-refractivity contribution in [1.29, 1.82) is 0 Å². The first-order valence-electron chi connectivity index (χ1n) is 13.1. The van der Waals surface area contributed by atoms with E-state index in [1.807, 2.05) is 37.3 Å². The maximum atomic E-state index is 13.0. The number of fused-ring (bicyclic) bond motifs is 1. The number of anilines is 2. The lowest BCUT2D eigenvalue weighted by Crippen LogP contribution is -2.28. The molecule has 13 heteroatoms. The lowest BCUT2D eigenvalue weighted by atomic mass is 10.1.